The molecule has 0 atom stereocenters. The number of fused-ring (bicyclic) bond motifs is 1. The molecule has 0 aliphatic carbocycles. The van der Waals surface area contributed by atoms with E-state index in [0.29, 0.717) is 68.2 Å². The zero-order valence-electron chi connectivity index (χ0n) is 17.7. The minimum atomic E-state index is -0.0802. The van der Waals surface area contributed by atoms with Gasteiger partial charge in [0, 0.05) is 36.3 Å². The molecule has 2 aliphatic rings. The maximum absolute atomic E-state index is 12.8. The zero-order valence-corrected chi connectivity index (χ0v) is 17.7. The largest absolute Gasteiger partial charge is 0.497 e. The molecule has 2 aliphatic heterocycles. The molecule has 1 N–H and O–H groups in total. The number of carbonyl (C=O) groups is 1. The average molecular weight is 436 g/mol. The summed E-state index contributed by atoms with van der Waals surface area (Å²) in [5.41, 5.74) is 1.54. The number of aromatic nitrogens is 2. The van der Waals surface area contributed by atoms with Crippen LogP contribution in [0.3, 0.4) is 0 Å². The van der Waals surface area contributed by atoms with Crippen molar-refractivity contribution < 1.29 is 23.4 Å². The number of benzene rings is 2. The molecule has 3 aromatic rings. The quantitative estimate of drug-likeness (QED) is 0.650. The van der Waals surface area contributed by atoms with Crippen LogP contribution in [-0.4, -0.2) is 49.5 Å². The summed E-state index contributed by atoms with van der Waals surface area (Å²) in [4.78, 5) is 14.8. The van der Waals surface area contributed by atoms with E-state index in [1.165, 1.54) is 0 Å². The van der Waals surface area contributed by atoms with E-state index in [4.69, 9.17) is 18.6 Å². The minimum Gasteiger partial charge on any atom is -0.497 e. The first-order valence-electron chi connectivity index (χ1n) is 10.6. The first-order valence-corrected chi connectivity index (χ1v) is 10.6. The Morgan fingerprint density at radius 1 is 1.03 bits per heavy atom. The molecule has 2 aromatic carbocycles. The number of nitrogens with one attached hydrogen (secondary N) is 1. The van der Waals surface area contributed by atoms with E-state index in [2.05, 4.69) is 15.5 Å². The highest BCUT2D eigenvalue weighted by Gasteiger charge is 2.28. The molecule has 0 saturated carbocycles. The highest BCUT2D eigenvalue weighted by molar-refractivity contribution is 5.93. The molecule has 5 rings (SSSR count). The van der Waals surface area contributed by atoms with E-state index in [1.54, 1.807) is 13.2 Å². The second kappa shape index (κ2) is 8.78. The summed E-state index contributed by atoms with van der Waals surface area (Å²) in [6, 6.07) is 13.4. The van der Waals surface area contributed by atoms with Crippen molar-refractivity contribution >= 4 is 17.6 Å². The number of ether oxygens (including phenoxy) is 3. The molecular weight excluding hydrogens is 412 g/mol. The van der Waals surface area contributed by atoms with E-state index < -0.39 is 0 Å². The smallest absolute Gasteiger partial charge is 0.318 e. The van der Waals surface area contributed by atoms with Gasteiger partial charge in [-0.2, -0.15) is 0 Å². The normalized spacial score (nSPS) is 16.0. The number of hydrogen-bond donors (Lipinski definition) is 1. The van der Waals surface area contributed by atoms with Gasteiger partial charge >= 0.3 is 6.01 Å². The van der Waals surface area contributed by atoms with Gasteiger partial charge in [0.05, 0.1) is 7.11 Å². The lowest BCUT2D eigenvalue weighted by atomic mass is 9.96. The van der Waals surface area contributed by atoms with Crippen LogP contribution in [0.4, 0.5) is 11.7 Å². The van der Waals surface area contributed by atoms with Gasteiger partial charge in [-0.15, -0.1) is 5.10 Å². The Balaban J connectivity index is 1.17. The fourth-order valence-electron chi connectivity index (χ4n) is 3.89. The minimum absolute atomic E-state index is 0.00535. The summed E-state index contributed by atoms with van der Waals surface area (Å²) < 4.78 is 22.2. The van der Waals surface area contributed by atoms with Crippen LogP contribution in [0.5, 0.6) is 17.2 Å². The van der Waals surface area contributed by atoms with Crippen LogP contribution in [-0.2, 0) is 4.79 Å². The Labute approximate surface area is 185 Å². The van der Waals surface area contributed by atoms with Gasteiger partial charge in [-0.25, -0.2) is 0 Å². The summed E-state index contributed by atoms with van der Waals surface area (Å²) in [5.74, 6) is 2.52. The van der Waals surface area contributed by atoms with Gasteiger partial charge in [-0.05, 0) is 49.2 Å². The van der Waals surface area contributed by atoms with Crippen LogP contribution in [0, 0.1) is 5.92 Å². The van der Waals surface area contributed by atoms with Gasteiger partial charge in [0.1, 0.15) is 19.0 Å². The van der Waals surface area contributed by atoms with Crippen LogP contribution in [0.1, 0.15) is 12.8 Å². The fourth-order valence-corrected chi connectivity index (χ4v) is 3.89. The molecule has 0 radical (unpaired) electrons. The highest BCUT2D eigenvalue weighted by Crippen LogP contribution is 2.33. The van der Waals surface area contributed by atoms with Crippen molar-refractivity contribution in [2.24, 2.45) is 5.92 Å². The zero-order chi connectivity index (χ0) is 21.9. The highest BCUT2D eigenvalue weighted by atomic mass is 16.6. The van der Waals surface area contributed by atoms with Gasteiger partial charge in [0.15, 0.2) is 11.5 Å². The molecule has 1 aromatic heterocycles. The Morgan fingerprint density at radius 2 is 1.78 bits per heavy atom. The maximum Gasteiger partial charge on any atom is 0.318 e. The molecule has 9 nitrogen and oxygen atoms in total. The number of methoxy groups -OCH3 is 1. The third-order valence-corrected chi connectivity index (χ3v) is 5.70. The van der Waals surface area contributed by atoms with Crippen molar-refractivity contribution in [3.05, 3.63) is 42.5 Å². The van der Waals surface area contributed by atoms with Gasteiger partial charge in [-0.3, -0.25) is 4.79 Å². The van der Waals surface area contributed by atoms with Crippen LogP contribution < -0.4 is 24.4 Å². The number of piperidine rings is 1. The van der Waals surface area contributed by atoms with E-state index in [1.807, 2.05) is 41.3 Å². The number of anilines is 2. The molecule has 9 heteroatoms. The maximum atomic E-state index is 12.8. The third-order valence-electron chi connectivity index (χ3n) is 5.70. The number of nitrogens with zero attached hydrogens (tertiary/aromatic N) is 3. The van der Waals surface area contributed by atoms with Crippen molar-refractivity contribution in [1.82, 2.24) is 10.2 Å². The predicted octanol–water partition coefficient (Wildman–Crippen LogP) is 3.37. The lowest BCUT2D eigenvalue weighted by Crippen LogP contribution is -2.38. The van der Waals surface area contributed by atoms with Gasteiger partial charge in [0.25, 0.3) is 0 Å². The molecule has 3 heterocycles. The van der Waals surface area contributed by atoms with E-state index in [9.17, 15) is 4.79 Å². The molecular formula is C23H24N4O5. The first kappa shape index (κ1) is 20.2. The second-order valence-electron chi connectivity index (χ2n) is 7.73. The number of carbonyl (C=O) groups excluding carboxylic acids is 1. The van der Waals surface area contributed by atoms with E-state index >= 15 is 0 Å². The summed E-state index contributed by atoms with van der Waals surface area (Å²) >= 11 is 0. The van der Waals surface area contributed by atoms with Crippen LogP contribution >= 0.6 is 0 Å². The summed E-state index contributed by atoms with van der Waals surface area (Å²) in [7, 11) is 1.62. The van der Waals surface area contributed by atoms with E-state index in [-0.39, 0.29) is 11.8 Å². The van der Waals surface area contributed by atoms with E-state index in [0.717, 1.165) is 11.3 Å². The van der Waals surface area contributed by atoms with Crippen molar-refractivity contribution in [1.29, 1.82) is 0 Å². The number of amides is 1. The van der Waals surface area contributed by atoms with Crippen molar-refractivity contribution in [3.63, 3.8) is 0 Å². The molecule has 1 fully saturated rings. The lowest BCUT2D eigenvalue weighted by Gasteiger charge is -2.29. The van der Waals surface area contributed by atoms with Gasteiger partial charge in [-0.1, -0.05) is 5.10 Å². The molecule has 1 amide bonds. The second-order valence-corrected chi connectivity index (χ2v) is 7.73. The Kier molecular flexibility index (Phi) is 5.53. The lowest BCUT2D eigenvalue weighted by molar-refractivity contribution is -0.120. The van der Waals surface area contributed by atoms with Crippen molar-refractivity contribution in [2.75, 3.05) is 43.6 Å². The van der Waals surface area contributed by atoms with Crippen molar-refractivity contribution in [3.8, 4) is 28.7 Å². The first-order chi connectivity index (χ1) is 15.7. The monoisotopic (exact) mass is 436 g/mol. The Hall–Kier alpha value is -3.75. The molecule has 1 saturated heterocycles. The molecule has 0 spiro atoms. The molecule has 32 heavy (non-hydrogen) atoms. The topological polar surface area (TPSA) is 99.0 Å². The molecule has 166 valence electrons. The summed E-state index contributed by atoms with van der Waals surface area (Å²) in [5, 5.41) is 11.3. The summed E-state index contributed by atoms with van der Waals surface area (Å²) in [6.45, 7) is 2.39. The van der Waals surface area contributed by atoms with Gasteiger partial charge in [0.2, 0.25) is 11.8 Å². The molecule has 0 unspecified atom stereocenters. The predicted molar refractivity (Wildman–Crippen MR) is 117 cm³/mol. The number of rotatable bonds is 5. The summed E-state index contributed by atoms with van der Waals surface area (Å²) in [6.07, 6.45) is 1.41. The fraction of sp³-hybridized carbons (Fsp3) is 0.348. The SMILES string of the molecule is COc1ccc(-c2nnc(N3CCC(C(=O)Nc4ccc5c(c4)OCCO5)CC3)o2)cc1. The Morgan fingerprint density at radius 3 is 2.53 bits per heavy atom. The number of hydrogen-bond acceptors (Lipinski definition) is 8. The molecule has 0 bridgehead atoms. The van der Waals surface area contributed by atoms with Gasteiger partial charge < -0.3 is 28.8 Å². The third kappa shape index (κ3) is 4.18. The van der Waals surface area contributed by atoms with Crippen LogP contribution in [0.25, 0.3) is 11.5 Å². The van der Waals surface area contributed by atoms with Crippen molar-refractivity contribution in [2.45, 2.75) is 12.8 Å². The van der Waals surface area contributed by atoms with Crippen LogP contribution in [0.15, 0.2) is 46.9 Å². The Bertz CT molecular complexity index is 1090. The average Bonchev–Trinajstić information content (AvgIpc) is 3.34. The standard InChI is InChI=1S/C23H24N4O5/c1-29-18-5-2-16(3-6-18)22-25-26-23(32-22)27-10-8-15(9-11-27)21(28)24-17-4-7-19-20(14-17)31-13-12-30-19/h2-7,14-15H,8-13H2,1H3,(H,24,28). The van der Waals surface area contributed by atoms with Crippen LogP contribution in [0.2, 0.25) is 0 Å².